The molecular weight excluding hydrogens is 272 g/mol. The molecule has 0 fully saturated rings. The van der Waals surface area contributed by atoms with Gasteiger partial charge in [-0.05, 0) is 24.1 Å². The van der Waals surface area contributed by atoms with Crippen LogP contribution in [0.4, 0.5) is 0 Å². The summed E-state index contributed by atoms with van der Waals surface area (Å²) in [7, 11) is -1.61. The number of hydrogen-bond donors (Lipinski definition) is 1. The molecule has 0 spiro atoms. The molecule has 0 radical (unpaired) electrons. The van der Waals surface area contributed by atoms with Crippen LogP contribution >= 0.6 is 0 Å². The number of ether oxygens (including phenoxy) is 3. The van der Waals surface area contributed by atoms with Crippen molar-refractivity contribution < 1.29 is 27.7 Å². The molecule has 1 aromatic carbocycles. The minimum absolute atomic E-state index is 0.0784. The summed E-state index contributed by atoms with van der Waals surface area (Å²) in [6.45, 7) is 0.106. The average Bonchev–Trinajstić information content (AvgIpc) is 2.81. The quantitative estimate of drug-likeness (QED) is 0.866. The molecule has 106 valence electrons. The molecule has 1 N–H and O–H groups in total. The van der Waals surface area contributed by atoms with Gasteiger partial charge in [0.05, 0.1) is 19.0 Å². The summed E-state index contributed by atoms with van der Waals surface area (Å²) in [4.78, 5) is 0. The Kier molecular flexibility index (Phi) is 3.86. The Morgan fingerprint density at radius 1 is 1.42 bits per heavy atom. The smallest absolute Gasteiger partial charge is 0.231 e. The van der Waals surface area contributed by atoms with E-state index in [0.717, 1.165) is 6.26 Å². The Bertz CT molecular complexity index is 566. The maximum absolute atomic E-state index is 11.1. The fourth-order valence-corrected chi connectivity index (χ4v) is 2.49. The number of benzene rings is 1. The minimum atomic E-state index is -3.10. The standard InChI is InChI=1S/C12H16O6S/c1-16-10-5-8(6-11-12(10)18-7-17-11)9(13)3-4-19(2,14)15/h5-6,9,13H,3-4,7H2,1-2H3. The van der Waals surface area contributed by atoms with Crippen LogP contribution in [0, 0.1) is 0 Å². The third kappa shape index (κ3) is 3.30. The molecule has 6 nitrogen and oxygen atoms in total. The lowest BCUT2D eigenvalue weighted by molar-refractivity contribution is 0.169. The van der Waals surface area contributed by atoms with Crippen LogP contribution in [0.5, 0.6) is 17.2 Å². The van der Waals surface area contributed by atoms with Gasteiger partial charge in [0.25, 0.3) is 0 Å². The predicted molar refractivity (Wildman–Crippen MR) is 68.4 cm³/mol. The van der Waals surface area contributed by atoms with Crippen molar-refractivity contribution in [1.29, 1.82) is 0 Å². The number of sulfone groups is 1. The van der Waals surface area contributed by atoms with Crippen LogP contribution in [-0.4, -0.2) is 39.4 Å². The van der Waals surface area contributed by atoms with Crippen molar-refractivity contribution in [2.24, 2.45) is 0 Å². The zero-order valence-corrected chi connectivity index (χ0v) is 11.6. The van der Waals surface area contributed by atoms with Gasteiger partial charge < -0.3 is 19.3 Å². The molecule has 1 aliphatic heterocycles. The second-order valence-electron chi connectivity index (χ2n) is 4.39. The molecule has 7 heteroatoms. The Morgan fingerprint density at radius 2 is 2.16 bits per heavy atom. The largest absolute Gasteiger partial charge is 0.493 e. The molecule has 0 bridgehead atoms. The first-order valence-electron chi connectivity index (χ1n) is 5.74. The summed E-state index contributed by atoms with van der Waals surface area (Å²) in [5, 5.41) is 10.0. The van der Waals surface area contributed by atoms with Crippen molar-refractivity contribution >= 4 is 9.84 Å². The summed E-state index contributed by atoms with van der Waals surface area (Å²) in [6.07, 6.45) is 0.375. The first-order valence-corrected chi connectivity index (χ1v) is 7.80. The molecule has 1 heterocycles. The highest BCUT2D eigenvalue weighted by Gasteiger charge is 2.22. The van der Waals surface area contributed by atoms with Gasteiger partial charge in [-0.1, -0.05) is 0 Å². The predicted octanol–water partition coefficient (Wildman–Crippen LogP) is 0.892. The molecule has 1 aromatic rings. The van der Waals surface area contributed by atoms with E-state index in [0.29, 0.717) is 22.8 Å². The van der Waals surface area contributed by atoms with Gasteiger partial charge in [-0.25, -0.2) is 8.42 Å². The molecular formula is C12H16O6S. The molecule has 0 aliphatic carbocycles. The van der Waals surface area contributed by atoms with E-state index in [1.807, 2.05) is 0 Å². The van der Waals surface area contributed by atoms with Crippen molar-refractivity contribution in [1.82, 2.24) is 0 Å². The number of rotatable bonds is 5. The summed E-state index contributed by atoms with van der Waals surface area (Å²) >= 11 is 0. The van der Waals surface area contributed by atoms with Gasteiger partial charge in [0.15, 0.2) is 11.5 Å². The number of aliphatic hydroxyl groups excluding tert-OH is 1. The van der Waals surface area contributed by atoms with E-state index >= 15 is 0 Å². The second kappa shape index (κ2) is 5.26. The van der Waals surface area contributed by atoms with Crippen LogP contribution in [0.15, 0.2) is 12.1 Å². The molecule has 0 amide bonds. The van der Waals surface area contributed by atoms with Crippen LogP contribution in [0.3, 0.4) is 0 Å². The van der Waals surface area contributed by atoms with Crippen LogP contribution in [0.1, 0.15) is 18.1 Å². The van der Waals surface area contributed by atoms with Gasteiger partial charge in [-0.3, -0.25) is 0 Å². The van der Waals surface area contributed by atoms with Gasteiger partial charge in [0, 0.05) is 6.26 Å². The van der Waals surface area contributed by atoms with Crippen molar-refractivity contribution in [3.05, 3.63) is 17.7 Å². The van der Waals surface area contributed by atoms with E-state index in [1.54, 1.807) is 12.1 Å². The van der Waals surface area contributed by atoms with E-state index in [4.69, 9.17) is 14.2 Å². The van der Waals surface area contributed by atoms with Crippen LogP contribution < -0.4 is 14.2 Å². The highest BCUT2D eigenvalue weighted by Crippen LogP contribution is 2.43. The maximum Gasteiger partial charge on any atom is 0.231 e. The van der Waals surface area contributed by atoms with Crippen molar-refractivity contribution in [2.45, 2.75) is 12.5 Å². The van der Waals surface area contributed by atoms with E-state index < -0.39 is 15.9 Å². The lowest BCUT2D eigenvalue weighted by Crippen LogP contribution is -2.08. The molecule has 0 saturated carbocycles. The lowest BCUT2D eigenvalue weighted by Gasteiger charge is -2.13. The fraction of sp³-hybridized carbons (Fsp3) is 0.500. The van der Waals surface area contributed by atoms with Crippen LogP contribution in [0.2, 0.25) is 0 Å². The number of hydrogen-bond acceptors (Lipinski definition) is 6. The molecule has 0 saturated heterocycles. The molecule has 19 heavy (non-hydrogen) atoms. The zero-order valence-electron chi connectivity index (χ0n) is 10.8. The molecule has 1 unspecified atom stereocenters. The van der Waals surface area contributed by atoms with E-state index in [-0.39, 0.29) is 19.0 Å². The maximum atomic E-state index is 11.1. The van der Waals surface area contributed by atoms with Gasteiger partial charge in [-0.2, -0.15) is 0 Å². The first-order chi connectivity index (χ1) is 8.90. The van der Waals surface area contributed by atoms with Crippen LogP contribution in [0.25, 0.3) is 0 Å². The average molecular weight is 288 g/mol. The molecule has 1 aliphatic rings. The Labute approximate surface area is 111 Å². The molecule has 2 rings (SSSR count). The van der Waals surface area contributed by atoms with Crippen molar-refractivity contribution in [2.75, 3.05) is 25.9 Å². The van der Waals surface area contributed by atoms with Gasteiger partial charge in [-0.15, -0.1) is 0 Å². The SMILES string of the molecule is COc1cc(C(O)CCS(C)(=O)=O)cc2c1OCO2. The van der Waals surface area contributed by atoms with Crippen molar-refractivity contribution in [3.8, 4) is 17.2 Å². The van der Waals surface area contributed by atoms with Crippen LogP contribution in [-0.2, 0) is 9.84 Å². The highest BCUT2D eigenvalue weighted by atomic mass is 32.2. The van der Waals surface area contributed by atoms with E-state index in [1.165, 1.54) is 7.11 Å². The summed E-state index contributed by atoms with van der Waals surface area (Å²) in [5.74, 6) is 1.38. The number of fused-ring (bicyclic) bond motifs is 1. The number of methoxy groups -OCH3 is 1. The van der Waals surface area contributed by atoms with E-state index in [2.05, 4.69) is 0 Å². The summed E-state index contributed by atoms with van der Waals surface area (Å²) in [6, 6.07) is 3.26. The van der Waals surface area contributed by atoms with Gasteiger partial charge in [0.1, 0.15) is 9.84 Å². The molecule has 1 atom stereocenters. The zero-order chi connectivity index (χ0) is 14.0. The molecule has 0 aromatic heterocycles. The normalized spacial score (nSPS) is 15.3. The number of aliphatic hydroxyl groups is 1. The van der Waals surface area contributed by atoms with Gasteiger partial charge >= 0.3 is 0 Å². The highest BCUT2D eigenvalue weighted by molar-refractivity contribution is 7.90. The second-order valence-corrected chi connectivity index (χ2v) is 6.65. The third-order valence-corrected chi connectivity index (χ3v) is 3.80. The minimum Gasteiger partial charge on any atom is -0.493 e. The Hall–Kier alpha value is -1.47. The third-order valence-electron chi connectivity index (χ3n) is 2.83. The van der Waals surface area contributed by atoms with Gasteiger partial charge in [0.2, 0.25) is 12.5 Å². The Balaban J connectivity index is 2.21. The van der Waals surface area contributed by atoms with E-state index in [9.17, 15) is 13.5 Å². The van der Waals surface area contributed by atoms with Crippen molar-refractivity contribution in [3.63, 3.8) is 0 Å². The topological polar surface area (TPSA) is 82.1 Å². The summed E-state index contributed by atoms with van der Waals surface area (Å²) in [5.41, 5.74) is 0.546. The monoisotopic (exact) mass is 288 g/mol. The lowest BCUT2D eigenvalue weighted by atomic mass is 10.1. The fourth-order valence-electron chi connectivity index (χ4n) is 1.83. The summed E-state index contributed by atoms with van der Waals surface area (Å²) < 4.78 is 37.8. The first kappa shape index (κ1) is 14.0. The Morgan fingerprint density at radius 3 is 2.79 bits per heavy atom.